The van der Waals surface area contributed by atoms with Crippen molar-refractivity contribution in [2.24, 2.45) is 0 Å². The van der Waals surface area contributed by atoms with Crippen molar-refractivity contribution in [1.29, 1.82) is 0 Å². The molecule has 1 atom stereocenters. The fourth-order valence-corrected chi connectivity index (χ4v) is 3.72. The van der Waals surface area contributed by atoms with E-state index in [4.69, 9.17) is 4.74 Å². The molecule has 7 nitrogen and oxygen atoms in total. The molecule has 1 aromatic heterocycles. The molecule has 11 heteroatoms. The van der Waals surface area contributed by atoms with Crippen molar-refractivity contribution in [1.82, 2.24) is 19.0 Å². The topological polar surface area (TPSA) is 67.7 Å². The average molecular weight is 368 g/mol. The van der Waals surface area contributed by atoms with Gasteiger partial charge in [-0.15, -0.1) is 0 Å². The minimum absolute atomic E-state index is 0.0274. The van der Waals surface area contributed by atoms with Crippen LogP contribution in [0, 0.1) is 0 Å². The van der Waals surface area contributed by atoms with E-state index in [-0.39, 0.29) is 26.2 Å². The molecule has 2 aliphatic rings. The summed E-state index contributed by atoms with van der Waals surface area (Å²) in [5, 5.41) is 4.38. The van der Waals surface area contributed by atoms with Crippen molar-refractivity contribution >= 4 is 10.0 Å². The summed E-state index contributed by atoms with van der Waals surface area (Å²) >= 11 is 0. The van der Waals surface area contributed by atoms with Crippen LogP contribution in [0.5, 0.6) is 0 Å². The molecule has 0 aromatic carbocycles. The Kier molecular flexibility index (Phi) is 4.62. The number of hydrogen-bond donors (Lipinski definition) is 0. The summed E-state index contributed by atoms with van der Waals surface area (Å²) in [6, 6.07) is 1.76. The molecular formula is C13H19F3N4O3S. The van der Waals surface area contributed by atoms with Gasteiger partial charge in [-0.1, -0.05) is 0 Å². The van der Waals surface area contributed by atoms with Crippen molar-refractivity contribution in [3.63, 3.8) is 0 Å². The van der Waals surface area contributed by atoms with Crippen LogP contribution in [0.2, 0.25) is 0 Å². The molecule has 136 valence electrons. The van der Waals surface area contributed by atoms with Crippen LogP contribution in [0.25, 0.3) is 0 Å². The third-order valence-electron chi connectivity index (χ3n) is 4.18. The largest absolute Gasteiger partial charge is 0.415 e. The van der Waals surface area contributed by atoms with E-state index >= 15 is 0 Å². The van der Waals surface area contributed by atoms with Crippen LogP contribution >= 0.6 is 0 Å². The minimum Gasteiger partial charge on any atom is -0.366 e. The van der Waals surface area contributed by atoms with Gasteiger partial charge in [-0.05, 0) is 6.07 Å². The zero-order valence-electron chi connectivity index (χ0n) is 13.2. The molecule has 3 heterocycles. The van der Waals surface area contributed by atoms with Gasteiger partial charge < -0.3 is 4.74 Å². The monoisotopic (exact) mass is 368 g/mol. The van der Waals surface area contributed by atoms with E-state index in [1.165, 1.54) is 4.31 Å². The molecule has 1 saturated heterocycles. The number of sulfonamides is 1. The summed E-state index contributed by atoms with van der Waals surface area (Å²) < 4.78 is 69.4. The van der Waals surface area contributed by atoms with E-state index in [9.17, 15) is 21.6 Å². The summed E-state index contributed by atoms with van der Waals surface area (Å²) in [5.74, 6) is 0. The Bertz CT molecular complexity index is 704. The van der Waals surface area contributed by atoms with Gasteiger partial charge >= 0.3 is 6.18 Å². The van der Waals surface area contributed by atoms with E-state index in [2.05, 4.69) is 5.10 Å². The highest BCUT2D eigenvalue weighted by atomic mass is 32.2. The Morgan fingerprint density at radius 2 is 2.08 bits per heavy atom. The number of morpholine rings is 1. The van der Waals surface area contributed by atoms with Crippen molar-refractivity contribution in [2.45, 2.75) is 31.9 Å². The van der Waals surface area contributed by atoms with Gasteiger partial charge in [-0.25, -0.2) is 8.42 Å². The number of aromatic nitrogens is 2. The molecule has 0 N–H and O–H groups in total. The Labute approximate surface area is 138 Å². The molecule has 1 aromatic rings. The van der Waals surface area contributed by atoms with Crippen molar-refractivity contribution in [2.75, 3.05) is 32.5 Å². The quantitative estimate of drug-likeness (QED) is 0.774. The number of alkyl halides is 3. The van der Waals surface area contributed by atoms with Crippen LogP contribution in [0.4, 0.5) is 13.2 Å². The van der Waals surface area contributed by atoms with Gasteiger partial charge in [0.2, 0.25) is 10.0 Å². The lowest BCUT2D eigenvalue weighted by Crippen LogP contribution is -2.48. The Balaban J connectivity index is 1.66. The number of fused-ring (bicyclic) bond motifs is 1. The summed E-state index contributed by atoms with van der Waals surface area (Å²) in [6.07, 6.45) is -4.99. The first-order valence-corrected chi connectivity index (χ1v) is 9.39. The molecule has 0 aliphatic carbocycles. The maximum absolute atomic E-state index is 12.8. The average Bonchev–Trinajstić information content (AvgIpc) is 2.87. The maximum Gasteiger partial charge on any atom is 0.415 e. The first kappa shape index (κ1) is 17.6. The van der Waals surface area contributed by atoms with Crippen molar-refractivity contribution in [3.8, 4) is 0 Å². The molecule has 0 radical (unpaired) electrons. The molecule has 1 fully saturated rings. The zero-order valence-corrected chi connectivity index (χ0v) is 14.0. The predicted octanol–water partition coefficient (Wildman–Crippen LogP) is 0.421. The van der Waals surface area contributed by atoms with Gasteiger partial charge in [-0.3, -0.25) is 9.58 Å². The lowest BCUT2D eigenvalue weighted by molar-refractivity contribution is -0.237. The third-order valence-corrected chi connectivity index (χ3v) is 5.43. The van der Waals surface area contributed by atoms with Crippen molar-refractivity contribution < 1.29 is 26.3 Å². The van der Waals surface area contributed by atoms with Crippen LogP contribution in [0.3, 0.4) is 0 Å². The van der Waals surface area contributed by atoms with Crippen LogP contribution in [-0.4, -0.2) is 72.2 Å². The number of ether oxygens (including phenoxy) is 1. The molecular weight excluding hydrogens is 349 g/mol. The molecule has 0 bridgehead atoms. The second-order valence-corrected chi connectivity index (χ2v) is 8.07. The second kappa shape index (κ2) is 6.28. The fourth-order valence-electron chi connectivity index (χ4n) is 2.94. The number of rotatable bonds is 3. The molecule has 0 spiro atoms. The van der Waals surface area contributed by atoms with Gasteiger partial charge in [0.05, 0.1) is 37.3 Å². The smallest absolute Gasteiger partial charge is 0.366 e. The lowest BCUT2D eigenvalue weighted by Gasteiger charge is -2.33. The van der Waals surface area contributed by atoms with Crippen LogP contribution in [0.15, 0.2) is 6.07 Å². The SMILES string of the molecule is CS(=O)(=O)N1CCn2nc(CN3CCOC(C(F)(F)F)C3)cc2C1. The minimum atomic E-state index is -4.37. The standard InChI is InChI=1S/C13H19F3N4O3S/c1-24(21,22)19-2-3-20-11(8-19)6-10(17-20)7-18-4-5-23-12(9-18)13(14,15)16/h6,12H,2-5,7-9H2,1H3. The fraction of sp³-hybridized carbons (Fsp3) is 0.769. The predicted molar refractivity (Wildman–Crippen MR) is 78.6 cm³/mol. The molecule has 24 heavy (non-hydrogen) atoms. The van der Waals surface area contributed by atoms with Gasteiger partial charge in [0.1, 0.15) is 0 Å². The second-order valence-electron chi connectivity index (χ2n) is 6.08. The van der Waals surface area contributed by atoms with E-state index in [1.807, 2.05) is 0 Å². The highest BCUT2D eigenvalue weighted by Gasteiger charge is 2.43. The Morgan fingerprint density at radius 1 is 1.33 bits per heavy atom. The third kappa shape index (κ3) is 3.90. The van der Waals surface area contributed by atoms with E-state index in [0.717, 1.165) is 11.9 Å². The summed E-state index contributed by atoms with van der Waals surface area (Å²) in [7, 11) is -3.27. The van der Waals surface area contributed by atoms with Crippen LogP contribution < -0.4 is 0 Å². The Hall–Kier alpha value is -1.17. The molecule has 1 unspecified atom stereocenters. The van der Waals surface area contributed by atoms with Crippen molar-refractivity contribution in [3.05, 3.63) is 17.5 Å². The van der Waals surface area contributed by atoms with Gasteiger partial charge in [0.15, 0.2) is 6.10 Å². The van der Waals surface area contributed by atoms with E-state index in [1.54, 1.807) is 15.6 Å². The number of nitrogens with zero attached hydrogens (tertiary/aromatic N) is 4. The van der Waals surface area contributed by atoms with E-state index in [0.29, 0.717) is 25.3 Å². The van der Waals surface area contributed by atoms with E-state index < -0.39 is 22.3 Å². The molecule has 2 aliphatic heterocycles. The lowest BCUT2D eigenvalue weighted by atomic mass is 10.2. The highest BCUT2D eigenvalue weighted by molar-refractivity contribution is 7.88. The van der Waals surface area contributed by atoms with Gasteiger partial charge in [0.25, 0.3) is 0 Å². The molecule has 0 saturated carbocycles. The normalized spacial score (nSPS) is 24.1. The molecule has 3 rings (SSSR count). The van der Waals surface area contributed by atoms with Gasteiger partial charge in [-0.2, -0.15) is 22.6 Å². The first-order chi connectivity index (χ1) is 11.1. The van der Waals surface area contributed by atoms with Gasteiger partial charge in [0, 0.05) is 26.2 Å². The van der Waals surface area contributed by atoms with Crippen LogP contribution in [-0.2, 0) is 34.4 Å². The first-order valence-electron chi connectivity index (χ1n) is 7.54. The Morgan fingerprint density at radius 3 is 2.75 bits per heavy atom. The summed E-state index contributed by atoms with van der Waals surface area (Å²) in [4.78, 5) is 1.66. The highest BCUT2D eigenvalue weighted by Crippen LogP contribution is 2.26. The summed E-state index contributed by atoms with van der Waals surface area (Å²) in [5.41, 5.74) is 1.39. The molecule has 0 amide bonds. The zero-order chi connectivity index (χ0) is 17.5. The van der Waals surface area contributed by atoms with Crippen LogP contribution in [0.1, 0.15) is 11.4 Å². The number of hydrogen-bond acceptors (Lipinski definition) is 5. The maximum atomic E-state index is 12.8. The number of halogens is 3. The summed E-state index contributed by atoms with van der Waals surface area (Å²) in [6.45, 7) is 1.53.